The summed E-state index contributed by atoms with van der Waals surface area (Å²) < 4.78 is 7.83. The lowest BCUT2D eigenvalue weighted by Gasteiger charge is -2.16. The molecule has 0 radical (unpaired) electrons. The first-order chi connectivity index (χ1) is 7.81. The molecule has 90 valence electrons. The monoisotopic (exact) mass is 223 g/mol. The van der Waals surface area contributed by atoms with Crippen molar-refractivity contribution in [3.05, 3.63) is 18.2 Å². The first-order valence-electron chi connectivity index (χ1n) is 6.12. The van der Waals surface area contributed by atoms with Gasteiger partial charge >= 0.3 is 0 Å². The van der Waals surface area contributed by atoms with Crippen molar-refractivity contribution in [2.75, 3.05) is 13.2 Å². The highest BCUT2D eigenvalue weighted by atomic mass is 16.5. The molecule has 1 aromatic heterocycles. The predicted octanol–water partition coefficient (Wildman–Crippen LogP) is 1.42. The highest BCUT2D eigenvalue weighted by Crippen LogP contribution is 2.22. The zero-order valence-electron chi connectivity index (χ0n) is 10.1. The van der Waals surface area contributed by atoms with Gasteiger partial charge in [-0.15, -0.1) is 0 Å². The van der Waals surface area contributed by atoms with Gasteiger partial charge in [-0.3, -0.25) is 0 Å². The molecule has 0 amide bonds. The number of aromatic nitrogens is 2. The smallest absolute Gasteiger partial charge is 0.0948 e. The van der Waals surface area contributed by atoms with Gasteiger partial charge in [0.15, 0.2) is 0 Å². The minimum atomic E-state index is 0.384. The standard InChI is InChI=1S/C12H21N3O/c1-3-13-6-12-7-14-9-15(12)8-11-4-5-16-10(11)2/h7,9-11,13H,3-6,8H2,1-2H3. The van der Waals surface area contributed by atoms with Gasteiger partial charge in [0.1, 0.15) is 0 Å². The molecule has 0 saturated carbocycles. The third-order valence-corrected chi connectivity index (χ3v) is 3.32. The third-order valence-electron chi connectivity index (χ3n) is 3.32. The molecular formula is C12H21N3O. The molecule has 4 nitrogen and oxygen atoms in total. The third kappa shape index (κ3) is 2.62. The van der Waals surface area contributed by atoms with Gasteiger partial charge in [0, 0.05) is 31.8 Å². The van der Waals surface area contributed by atoms with Crippen LogP contribution in [0.25, 0.3) is 0 Å². The minimum absolute atomic E-state index is 0.384. The number of imidazole rings is 1. The van der Waals surface area contributed by atoms with Gasteiger partial charge in [-0.1, -0.05) is 6.92 Å². The van der Waals surface area contributed by atoms with Crippen LogP contribution >= 0.6 is 0 Å². The van der Waals surface area contributed by atoms with E-state index in [2.05, 4.69) is 28.7 Å². The van der Waals surface area contributed by atoms with E-state index >= 15 is 0 Å². The number of rotatable bonds is 5. The van der Waals surface area contributed by atoms with Gasteiger partial charge in [-0.25, -0.2) is 4.98 Å². The molecule has 1 fully saturated rings. The van der Waals surface area contributed by atoms with E-state index in [1.54, 1.807) is 0 Å². The fourth-order valence-electron chi connectivity index (χ4n) is 2.18. The van der Waals surface area contributed by atoms with Crippen LogP contribution in [0.2, 0.25) is 0 Å². The van der Waals surface area contributed by atoms with Crippen LogP contribution < -0.4 is 5.32 Å². The molecule has 0 aliphatic carbocycles. The average molecular weight is 223 g/mol. The molecule has 0 aromatic carbocycles. The molecule has 0 bridgehead atoms. The van der Waals surface area contributed by atoms with E-state index in [4.69, 9.17) is 4.74 Å². The van der Waals surface area contributed by atoms with Gasteiger partial charge in [0.2, 0.25) is 0 Å². The summed E-state index contributed by atoms with van der Waals surface area (Å²) in [4.78, 5) is 4.22. The maximum absolute atomic E-state index is 5.59. The van der Waals surface area contributed by atoms with Crippen LogP contribution in [0.5, 0.6) is 0 Å². The highest BCUT2D eigenvalue weighted by Gasteiger charge is 2.24. The molecule has 1 aromatic rings. The number of nitrogens with zero attached hydrogens (tertiary/aromatic N) is 2. The van der Waals surface area contributed by atoms with Crippen molar-refractivity contribution in [3.8, 4) is 0 Å². The number of hydrogen-bond acceptors (Lipinski definition) is 3. The Labute approximate surface area is 97.0 Å². The van der Waals surface area contributed by atoms with E-state index in [9.17, 15) is 0 Å². The van der Waals surface area contributed by atoms with E-state index in [1.165, 1.54) is 12.1 Å². The molecule has 2 heterocycles. The zero-order valence-corrected chi connectivity index (χ0v) is 10.1. The maximum atomic E-state index is 5.59. The summed E-state index contributed by atoms with van der Waals surface area (Å²) in [7, 11) is 0. The normalized spacial score (nSPS) is 25.1. The zero-order chi connectivity index (χ0) is 11.4. The SMILES string of the molecule is CCNCc1cncn1CC1CCOC1C. The Balaban J connectivity index is 1.95. The number of nitrogens with one attached hydrogen (secondary N) is 1. The van der Waals surface area contributed by atoms with Crippen molar-refractivity contribution < 1.29 is 4.74 Å². The molecule has 16 heavy (non-hydrogen) atoms. The molecular weight excluding hydrogens is 202 g/mol. The van der Waals surface area contributed by atoms with E-state index in [0.717, 1.165) is 26.2 Å². The lowest BCUT2D eigenvalue weighted by Crippen LogP contribution is -2.21. The highest BCUT2D eigenvalue weighted by molar-refractivity contribution is 4.98. The summed E-state index contributed by atoms with van der Waals surface area (Å²) in [5.41, 5.74) is 1.26. The van der Waals surface area contributed by atoms with E-state index in [1.807, 2.05) is 12.5 Å². The van der Waals surface area contributed by atoms with Gasteiger partial charge in [0.25, 0.3) is 0 Å². The largest absolute Gasteiger partial charge is 0.378 e. The Hall–Kier alpha value is -0.870. The number of ether oxygens (including phenoxy) is 1. The van der Waals surface area contributed by atoms with Crippen molar-refractivity contribution in [1.82, 2.24) is 14.9 Å². The van der Waals surface area contributed by atoms with Crippen LogP contribution in [0.1, 0.15) is 26.0 Å². The first kappa shape index (κ1) is 11.6. The summed E-state index contributed by atoms with van der Waals surface area (Å²) in [6.45, 7) is 8.11. The van der Waals surface area contributed by atoms with Crippen molar-refractivity contribution >= 4 is 0 Å². The lowest BCUT2D eigenvalue weighted by molar-refractivity contribution is 0.101. The second-order valence-electron chi connectivity index (χ2n) is 4.44. The Kier molecular flexibility index (Phi) is 3.96. The van der Waals surface area contributed by atoms with Crippen LogP contribution in [0, 0.1) is 5.92 Å². The van der Waals surface area contributed by atoms with E-state index in [-0.39, 0.29) is 0 Å². The van der Waals surface area contributed by atoms with Crippen molar-refractivity contribution in [3.63, 3.8) is 0 Å². The summed E-state index contributed by atoms with van der Waals surface area (Å²) in [5, 5.41) is 3.34. The van der Waals surface area contributed by atoms with E-state index < -0.39 is 0 Å². The maximum Gasteiger partial charge on any atom is 0.0948 e. The van der Waals surface area contributed by atoms with Crippen LogP contribution in [0.3, 0.4) is 0 Å². The predicted molar refractivity (Wildman–Crippen MR) is 63.1 cm³/mol. The Bertz CT molecular complexity index is 324. The molecule has 1 aliphatic heterocycles. The topological polar surface area (TPSA) is 39.1 Å². The van der Waals surface area contributed by atoms with Gasteiger partial charge in [-0.05, 0) is 19.9 Å². The molecule has 0 spiro atoms. The fraction of sp³-hybridized carbons (Fsp3) is 0.750. The molecule has 1 saturated heterocycles. The summed E-state index contributed by atoms with van der Waals surface area (Å²) >= 11 is 0. The Morgan fingerprint density at radius 3 is 3.19 bits per heavy atom. The minimum Gasteiger partial charge on any atom is -0.378 e. The second kappa shape index (κ2) is 5.46. The molecule has 2 unspecified atom stereocenters. The molecule has 1 N–H and O–H groups in total. The molecule has 1 aliphatic rings. The van der Waals surface area contributed by atoms with Crippen LogP contribution in [0.4, 0.5) is 0 Å². The van der Waals surface area contributed by atoms with Gasteiger partial charge < -0.3 is 14.6 Å². The van der Waals surface area contributed by atoms with Crippen LogP contribution in [0.15, 0.2) is 12.5 Å². The average Bonchev–Trinajstić information content (AvgIpc) is 2.87. The lowest BCUT2D eigenvalue weighted by atomic mass is 10.0. The number of hydrogen-bond donors (Lipinski definition) is 1. The van der Waals surface area contributed by atoms with Crippen LogP contribution in [-0.2, 0) is 17.8 Å². The molecule has 4 heteroatoms. The fourth-order valence-corrected chi connectivity index (χ4v) is 2.18. The second-order valence-corrected chi connectivity index (χ2v) is 4.44. The van der Waals surface area contributed by atoms with E-state index in [0.29, 0.717) is 12.0 Å². The summed E-state index contributed by atoms with van der Waals surface area (Å²) in [6.07, 6.45) is 5.43. The van der Waals surface area contributed by atoms with Crippen LogP contribution in [-0.4, -0.2) is 28.8 Å². The quantitative estimate of drug-likeness (QED) is 0.820. The molecule has 2 rings (SSSR count). The summed E-state index contributed by atoms with van der Waals surface area (Å²) in [6, 6.07) is 0. The first-order valence-corrected chi connectivity index (χ1v) is 6.12. The van der Waals surface area contributed by atoms with Crippen molar-refractivity contribution in [1.29, 1.82) is 0 Å². The Morgan fingerprint density at radius 2 is 2.50 bits per heavy atom. The van der Waals surface area contributed by atoms with Gasteiger partial charge in [-0.2, -0.15) is 0 Å². The summed E-state index contributed by atoms with van der Waals surface area (Å²) in [5.74, 6) is 0.634. The van der Waals surface area contributed by atoms with Gasteiger partial charge in [0.05, 0.1) is 18.1 Å². The van der Waals surface area contributed by atoms with Crippen molar-refractivity contribution in [2.24, 2.45) is 5.92 Å². The Morgan fingerprint density at radius 1 is 1.62 bits per heavy atom. The van der Waals surface area contributed by atoms with Crippen molar-refractivity contribution in [2.45, 2.75) is 39.5 Å². The molecule has 2 atom stereocenters.